The molecule has 5 atom stereocenters. The maximum Gasteiger partial charge on any atom is 0.264 e. The van der Waals surface area contributed by atoms with Gasteiger partial charge in [0.05, 0.1) is 12.9 Å². The first kappa shape index (κ1) is 15.1. The predicted molar refractivity (Wildman–Crippen MR) is 61.5 cm³/mol. The molecule has 0 saturated carbocycles. The zero-order chi connectivity index (χ0) is 14.4. The molecule has 2 N–H and O–H groups in total. The van der Waals surface area contributed by atoms with E-state index in [1.165, 1.54) is 0 Å². The van der Waals surface area contributed by atoms with Crippen LogP contribution < -0.4 is 0 Å². The fourth-order valence-electron chi connectivity index (χ4n) is 2.12. The van der Waals surface area contributed by atoms with E-state index >= 15 is 0 Å². The lowest BCUT2D eigenvalue weighted by Crippen LogP contribution is -2.43. The Labute approximate surface area is 111 Å². The number of aliphatic hydroxyl groups excluding tert-OH is 2. The van der Waals surface area contributed by atoms with Crippen molar-refractivity contribution < 1.29 is 37.0 Å². The summed E-state index contributed by atoms with van der Waals surface area (Å²) in [6, 6.07) is 0. The summed E-state index contributed by atoms with van der Waals surface area (Å²) >= 11 is 0. The van der Waals surface area contributed by atoms with Crippen molar-refractivity contribution in [3.05, 3.63) is 0 Å². The second-order valence-electron chi connectivity index (χ2n) is 5.12. The molecule has 112 valence electrons. The third-order valence-electron chi connectivity index (χ3n) is 2.88. The number of rotatable bonds is 4. The fraction of sp³-hybridized carbons (Fsp3) is 1.00. The van der Waals surface area contributed by atoms with Gasteiger partial charge >= 0.3 is 0 Å². The van der Waals surface area contributed by atoms with E-state index in [1.54, 1.807) is 13.8 Å². The summed E-state index contributed by atoms with van der Waals surface area (Å²) in [7, 11) is -3.66. The highest BCUT2D eigenvalue weighted by Gasteiger charge is 2.55. The normalized spacial score (nSPS) is 39.2. The molecule has 8 nitrogen and oxygen atoms in total. The highest BCUT2D eigenvalue weighted by atomic mass is 32.2. The molecule has 2 heterocycles. The molecule has 5 unspecified atom stereocenters. The second kappa shape index (κ2) is 4.92. The molecule has 0 aromatic rings. The molecular weight excluding hydrogens is 280 g/mol. The Kier molecular flexibility index (Phi) is 3.91. The standard InChI is InChI=1S/C10H18O8S/c1-10(2)17-8-6(12)7(16-9(8)18-10)5(11)4-15-19(3,13)14/h5-9,11-12H,4H2,1-3H3. The average Bonchev–Trinajstić information content (AvgIpc) is 2.69. The van der Waals surface area contributed by atoms with E-state index in [1.807, 2.05) is 0 Å². The molecule has 0 spiro atoms. The number of aliphatic hydroxyl groups is 2. The Hall–Kier alpha value is -0.290. The smallest absolute Gasteiger partial charge is 0.264 e. The van der Waals surface area contributed by atoms with E-state index in [9.17, 15) is 18.6 Å². The predicted octanol–water partition coefficient (Wildman–Crippen LogP) is -1.44. The first-order valence-electron chi connectivity index (χ1n) is 5.81. The molecule has 2 fully saturated rings. The van der Waals surface area contributed by atoms with E-state index in [0.717, 1.165) is 6.26 Å². The van der Waals surface area contributed by atoms with Crippen LogP contribution in [-0.4, -0.2) is 68.0 Å². The number of hydrogen-bond acceptors (Lipinski definition) is 8. The molecule has 0 aromatic carbocycles. The zero-order valence-corrected chi connectivity index (χ0v) is 11.7. The van der Waals surface area contributed by atoms with Crippen LogP contribution in [0.25, 0.3) is 0 Å². The van der Waals surface area contributed by atoms with Crippen molar-refractivity contribution in [1.29, 1.82) is 0 Å². The van der Waals surface area contributed by atoms with Gasteiger partial charge in [0.15, 0.2) is 12.1 Å². The Bertz CT molecular complexity index is 433. The van der Waals surface area contributed by atoms with Crippen LogP contribution in [0.5, 0.6) is 0 Å². The van der Waals surface area contributed by atoms with Gasteiger partial charge in [0.25, 0.3) is 10.1 Å². The minimum Gasteiger partial charge on any atom is -0.388 e. The molecule has 19 heavy (non-hydrogen) atoms. The van der Waals surface area contributed by atoms with Gasteiger partial charge in [0.2, 0.25) is 0 Å². The van der Waals surface area contributed by atoms with Crippen LogP contribution in [0.4, 0.5) is 0 Å². The zero-order valence-electron chi connectivity index (χ0n) is 10.8. The first-order valence-corrected chi connectivity index (χ1v) is 7.62. The van der Waals surface area contributed by atoms with E-state index in [2.05, 4.69) is 4.18 Å². The largest absolute Gasteiger partial charge is 0.388 e. The van der Waals surface area contributed by atoms with Gasteiger partial charge in [-0.1, -0.05) is 0 Å². The summed E-state index contributed by atoms with van der Waals surface area (Å²) in [4.78, 5) is 0. The van der Waals surface area contributed by atoms with Gasteiger partial charge in [-0.2, -0.15) is 8.42 Å². The lowest BCUT2D eigenvalue weighted by Gasteiger charge is -2.25. The summed E-state index contributed by atoms with van der Waals surface area (Å²) in [6.07, 6.45) is -4.08. The Morgan fingerprint density at radius 1 is 1.37 bits per heavy atom. The number of fused-ring (bicyclic) bond motifs is 1. The summed E-state index contributed by atoms with van der Waals surface area (Å²) in [5, 5.41) is 19.8. The Morgan fingerprint density at radius 3 is 2.53 bits per heavy atom. The van der Waals surface area contributed by atoms with Crippen LogP contribution in [0.3, 0.4) is 0 Å². The third-order valence-corrected chi connectivity index (χ3v) is 3.45. The SMILES string of the molecule is CC1(C)OC2OC(C(O)COS(C)(=O)=O)C(O)C2O1. The van der Waals surface area contributed by atoms with E-state index in [4.69, 9.17) is 14.2 Å². The van der Waals surface area contributed by atoms with E-state index < -0.39 is 53.2 Å². The van der Waals surface area contributed by atoms with Crippen LogP contribution in [0.15, 0.2) is 0 Å². The molecule has 0 bridgehead atoms. The lowest BCUT2D eigenvalue weighted by molar-refractivity contribution is -0.226. The molecule has 0 radical (unpaired) electrons. The first-order chi connectivity index (χ1) is 8.59. The summed E-state index contributed by atoms with van der Waals surface area (Å²) in [5.74, 6) is -0.866. The molecule has 2 saturated heterocycles. The van der Waals surface area contributed by atoms with Gasteiger partial charge in [-0.15, -0.1) is 0 Å². The molecule has 2 rings (SSSR count). The summed E-state index contributed by atoms with van der Waals surface area (Å²) in [5.41, 5.74) is 0. The van der Waals surface area contributed by atoms with Crippen LogP contribution in [0.1, 0.15) is 13.8 Å². The molecule has 0 amide bonds. The molecule has 9 heteroatoms. The lowest BCUT2D eigenvalue weighted by atomic mass is 10.1. The van der Waals surface area contributed by atoms with Crippen molar-refractivity contribution in [2.75, 3.05) is 12.9 Å². The van der Waals surface area contributed by atoms with Gasteiger partial charge < -0.3 is 24.4 Å². The van der Waals surface area contributed by atoms with Crippen LogP contribution >= 0.6 is 0 Å². The Balaban J connectivity index is 1.94. The van der Waals surface area contributed by atoms with Gasteiger partial charge in [0, 0.05) is 0 Å². The van der Waals surface area contributed by atoms with E-state index in [-0.39, 0.29) is 0 Å². The number of ether oxygens (including phenoxy) is 3. The topological polar surface area (TPSA) is 112 Å². The average molecular weight is 298 g/mol. The summed E-state index contributed by atoms with van der Waals surface area (Å²) < 4.78 is 42.3. The van der Waals surface area contributed by atoms with Crippen LogP contribution in [0, 0.1) is 0 Å². The fourth-order valence-corrected chi connectivity index (χ4v) is 2.51. The molecular formula is C10H18O8S. The van der Waals surface area contributed by atoms with Crippen molar-refractivity contribution in [3.63, 3.8) is 0 Å². The van der Waals surface area contributed by atoms with Gasteiger partial charge in [-0.3, -0.25) is 4.18 Å². The third kappa shape index (κ3) is 3.43. The molecule has 0 aliphatic carbocycles. The van der Waals surface area contributed by atoms with Gasteiger partial charge in [-0.25, -0.2) is 0 Å². The van der Waals surface area contributed by atoms with Gasteiger partial charge in [-0.05, 0) is 13.8 Å². The van der Waals surface area contributed by atoms with E-state index in [0.29, 0.717) is 0 Å². The number of hydrogen-bond donors (Lipinski definition) is 2. The molecule has 2 aliphatic heterocycles. The monoisotopic (exact) mass is 298 g/mol. The van der Waals surface area contributed by atoms with Crippen molar-refractivity contribution in [2.24, 2.45) is 0 Å². The molecule has 2 aliphatic rings. The molecule has 0 aromatic heterocycles. The van der Waals surface area contributed by atoms with Crippen LogP contribution in [0.2, 0.25) is 0 Å². The van der Waals surface area contributed by atoms with Crippen molar-refractivity contribution in [1.82, 2.24) is 0 Å². The van der Waals surface area contributed by atoms with Gasteiger partial charge in [0.1, 0.15) is 24.4 Å². The van der Waals surface area contributed by atoms with Crippen molar-refractivity contribution in [2.45, 2.75) is 50.3 Å². The highest BCUT2D eigenvalue weighted by Crippen LogP contribution is 2.38. The quantitative estimate of drug-likeness (QED) is 0.607. The minimum absolute atomic E-state index is 0.497. The highest BCUT2D eigenvalue weighted by molar-refractivity contribution is 7.85. The van der Waals surface area contributed by atoms with Crippen molar-refractivity contribution in [3.8, 4) is 0 Å². The van der Waals surface area contributed by atoms with Crippen LogP contribution in [-0.2, 0) is 28.5 Å². The minimum atomic E-state index is -3.66. The maximum absolute atomic E-state index is 10.8. The maximum atomic E-state index is 10.8. The van der Waals surface area contributed by atoms with Crippen molar-refractivity contribution >= 4 is 10.1 Å². The summed E-state index contributed by atoms with van der Waals surface area (Å²) in [6.45, 7) is 2.86. The Morgan fingerprint density at radius 2 is 2.00 bits per heavy atom. The second-order valence-corrected chi connectivity index (χ2v) is 6.76.